The molecule has 0 radical (unpaired) electrons. The van der Waals surface area contributed by atoms with E-state index in [9.17, 15) is 19.4 Å². The fourth-order valence-corrected chi connectivity index (χ4v) is 4.53. The molecule has 0 spiro atoms. The van der Waals surface area contributed by atoms with E-state index >= 15 is 0 Å². The Morgan fingerprint density at radius 2 is 2.00 bits per heavy atom. The van der Waals surface area contributed by atoms with Gasteiger partial charge < -0.3 is 25.6 Å². The van der Waals surface area contributed by atoms with Crippen LogP contribution in [0, 0.1) is 0 Å². The second-order valence-electron chi connectivity index (χ2n) is 7.19. The van der Waals surface area contributed by atoms with Crippen molar-refractivity contribution in [2.24, 2.45) is 0 Å². The Balaban J connectivity index is 1.64. The first-order chi connectivity index (χ1) is 13.7. The summed E-state index contributed by atoms with van der Waals surface area (Å²) in [6.07, 6.45) is 3.74. The van der Waals surface area contributed by atoms with E-state index in [1.54, 1.807) is 31.3 Å². The lowest BCUT2D eigenvalue weighted by atomic mass is 9.80. The van der Waals surface area contributed by atoms with Crippen molar-refractivity contribution >= 4 is 31.0 Å². The smallest absolute Gasteiger partial charge is 0.383 e. The van der Waals surface area contributed by atoms with Crippen molar-refractivity contribution < 1.29 is 23.9 Å². The lowest BCUT2D eigenvalue weighted by molar-refractivity contribution is -0.136. The van der Waals surface area contributed by atoms with Crippen LogP contribution in [0.5, 0.6) is 0 Å². The summed E-state index contributed by atoms with van der Waals surface area (Å²) in [4.78, 5) is 22.2. The van der Waals surface area contributed by atoms with Gasteiger partial charge in [0, 0.05) is 24.8 Å². The second-order valence-corrected chi connectivity index (χ2v) is 8.96. The van der Waals surface area contributed by atoms with Crippen molar-refractivity contribution in [3.8, 4) is 0 Å². The molecule has 154 valence electrons. The Morgan fingerprint density at radius 1 is 1.28 bits per heavy atom. The molecule has 0 amide bonds. The number of hydrogen-bond donors (Lipinski definition) is 4. The summed E-state index contributed by atoms with van der Waals surface area (Å²) in [6, 6.07) is 12.1. The molecule has 8 heteroatoms. The fourth-order valence-electron chi connectivity index (χ4n) is 3.39. The van der Waals surface area contributed by atoms with Gasteiger partial charge in [0.2, 0.25) is 0 Å². The number of fused-ring (bicyclic) bond motifs is 1. The summed E-state index contributed by atoms with van der Waals surface area (Å²) >= 11 is 0. The summed E-state index contributed by atoms with van der Waals surface area (Å²) in [5.74, 6) is -0.819. The van der Waals surface area contributed by atoms with Gasteiger partial charge in [-0.3, -0.25) is 4.79 Å². The average molecular weight is 416 g/mol. The monoisotopic (exact) mass is 416 g/mol. The first kappa shape index (κ1) is 21.1. The third-order valence-corrected chi connectivity index (χ3v) is 6.20. The Morgan fingerprint density at radius 3 is 2.69 bits per heavy atom. The van der Waals surface area contributed by atoms with E-state index in [0.29, 0.717) is 23.2 Å². The molecule has 0 heterocycles. The van der Waals surface area contributed by atoms with Crippen molar-refractivity contribution in [1.82, 2.24) is 0 Å². The minimum atomic E-state index is -4.15. The van der Waals surface area contributed by atoms with Gasteiger partial charge in [-0.1, -0.05) is 30.4 Å². The zero-order valence-electron chi connectivity index (χ0n) is 16.2. The molecule has 2 atom stereocenters. The van der Waals surface area contributed by atoms with Crippen LogP contribution in [0.3, 0.4) is 0 Å². The summed E-state index contributed by atoms with van der Waals surface area (Å²) in [7, 11) is -2.36. The molecule has 0 fully saturated rings. The minimum Gasteiger partial charge on any atom is -0.399 e. The highest BCUT2D eigenvalue weighted by Crippen LogP contribution is 2.47. The van der Waals surface area contributed by atoms with Crippen LogP contribution in [0.2, 0.25) is 0 Å². The molecule has 0 aromatic heterocycles. The summed E-state index contributed by atoms with van der Waals surface area (Å²) in [6.45, 7) is 0. The number of benzene rings is 2. The van der Waals surface area contributed by atoms with Gasteiger partial charge in [-0.05, 0) is 53.8 Å². The maximum atomic E-state index is 12.3. The number of aliphatic hydroxyl groups is 1. The maximum Gasteiger partial charge on any atom is 0.383 e. The van der Waals surface area contributed by atoms with Crippen molar-refractivity contribution in [3.63, 3.8) is 0 Å². The molecule has 0 saturated carbocycles. The summed E-state index contributed by atoms with van der Waals surface area (Å²) in [5, 5.41) is 14.2. The van der Waals surface area contributed by atoms with Crippen LogP contribution in [0.4, 0.5) is 11.4 Å². The van der Waals surface area contributed by atoms with E-state index < -0.39 is 19.2 Å². The SMILES string of the molecule is CNc1ccc2c(c1)C(O)(CCC(=O)OP(=O)(O)Cc1ccc(N)cc1)CC=C2. The van der Waals surface area contributed by atoms with Crippen molar-refractivity contribution in [2.75, 3.05) is 18.1 Å². The van der Waals surface area contributed by atoms with Gasteiger partial charge in [-0.15, -0.1) is 0 Å². The van der Waals surface area contributed by atoms with Gasteiger partial charge in [-0.25, -0.2) is 4.57 Å². The van der Waals surface area contributed by atoms with Gasteiger partial charge in [0.1, 0.15) is 0 Å². The molecule has 2 unspecified atom stereocenters. The van der Waals surface area contributed by atoms with Gasteiger partial charge in [0.05, 0.1) is 11.8 Å². The largest absolute Gasteiger partial charge is 0.399 e. The van der Waals surface area contributed by atoms with Crippen LogP contribution in [0.15, 0.2) is 48.5 Å². The minimum absolute atomic E-state index is 0.0816. The maximum absolute atomic E-state index is 12.3. The molecule has 0 saturated heterocycles. The van der Waals surface area contributed by atoms with Crippen LogP contribution in [-0.2, 0) is 25.6 Å². The topological polar surface area (TPSA) is 122 Å². The Labute approximate surface area is 169 Å². The Hall–Kier alpha value is -2.60. The molecule has 0 aliphatic heterocycles. The van der Waals surface area contributed by atoms with Crippen LogP contribution >= 0.6 is 7.60 Å². The fraction of sp³-hybridized carbons (Fsp3) is 0.286. The third-order valence-electron chi connectivity index (χ3n) is 4.95. The highest BCUT2D eigenvalue weighted by molar-refractivity contribution is 7.52. The van der Waals surface area contributed by atoms with E-state index in [-0.39, 0.29) is 19.0 Å². The van der Waals surface area contributed by atoms with Gasteiger partial charge in [0.15, 0.2) is 0 Å². The molecule has 1 aliphatic carbocycles. The van der Waals surface area contributed by atoms with E-state index in [4.69, 9.17) is 10.3 Å². The number of nitrogens with two attached hydrogens (primary N) is 1. The molecule has 1 aliphatic rings. The van der Waals surface area contributed by atoms with Crippen molar-refractivity contribution in [3.05, 3.63) is 65.2 Å². The quantitative estimate of drug-likeness (QED) is 0.402. The Bertz CT molecular complexity index is 974. The number of carbonyl (C=O) groups is 1. The van der Waals surface area contributed by atoms with E-state index in [1.807, 2.05) is 30.4 Å². The van der Waals surface area contributed by atoms with Crippen LogP contribution < -0.4 is 11.1 Å². The zero-order chi connectivity index (χ0) is 21.1. The highest BCUT2D eigenvalue weighted by Gasteiger charge is 2.34. The first-order valence-electron chi connectivity index (χ1n) is 9.31. The number of carbonyl (C=O) groups excluding carboxylic acids is 1. The number of nitrogens with one attached hydrogen (secondary N) is 1. The predicted octanol–water partition coefficient (Wildman–Crippen LogP) is 3.62. The second kappa shape index (κ2) is 8.41. The number of rotatable bonds is 7. The van der Waals surface area contributed by atoms with Crippen LogP contribution in [-0.4, -0.2) is 23.0 Å². The molecule has 3 rings (SSSR count). The highest BCUT2D eigenvalue weighted by atomic mass is 31.2. The van der Waals surface area contributed by atoms with Crippen LogP contribution in [0.25, 0.3) is 6.08 Å². The van der Waals surface area contributed by atoms with E-state index in [2.05, 4.69) is 5.32 Å². The third kappa shape index (κ3) is 5.26. The normalized spacial score (nSPS) is 19.8. The molecule has 2 aromatic rings. The molecular weight excluding hydrogens is 391 g/mol. The zero-order valence-corrected chi connectivity index (χ0v) is 17.1. The number of hydrogen-bond acceptors (Lipinski definition) is 6. The van der Waals surface area contributed by atoms with Gasteiger partial charge in [0.25, 0.3) is 0 Å². The molecule has 5 N–H and O–H groups in total. The lowest BCUT2D eigenvalue weighted by Crippen LogP contribution is -2.29. The van der Waals surface area contributed by atoms with Crippen LogP contribution in [0.1, 0.15) is 36.0 Å². The van der Waals surface area contributed by atoms with Crippen molar-refractivity contribution in [1.29, 1.82) is 0 Å². The molecular formula is C21H25N2O5P. The number of nitrogen functional groups attached to an aromatic ring is 1. The van der Waals surface area contributed by atoms with Gasteiger partial charge in [-0.2, -0.15) is 0 Å². The van der Waals surface area contributed by atoms with E-state index in [0.717, 1.165) is 11.3 Å². The summed E-state index contributed by atoms with van der Waals surface area (Å²) in [5.41, 5.74) is 7.88. The standard InChI is InChI=1S/C21H25N2O5P/c1-23-18-9-6-16-3-2-11-21(25,19(16)13-18)12-10-20(24)28-29(26,27)14-15-4-7-17(22)8-5-15/h2-9,13,23,25H,10-12,14,22H2,1H3,(H,26,27). The molecule has 29 heavy (non-hydrogen) atoms. The van der Waals surface area contributed by atoms with E-state index in [1.165, 1.54) is 0 Å². The predicted molar refractivity (Wildman–Crippen MR) is 113 cm³/mol. The first-order valence-corrected chi connectivity index (χ1v) is 11.1. The number of anilines is 2. The molecule has 2 aromatic carbocycles. The lowest BCUT2D eigenvalue weighted by Gasteiger charge is -2.32. The van der Waals surface area contributed by atoms with Gasteiger partial charge >= 0.3 is 13.6 Å². The van der Waals surface area contributed by atoms with Crippen molar-refractivity contribution in [2.45, 2.75) is 31.0 Å². The summed E-state index contributed by atoms with van der Waals surface area (Å²) < 4.78 is 17.1. The Kier molecular flexibility index (Phi) is 6.13. The average Bonchev–Trinajstić information content (AvgIpc) is 2.68. The molecule has 7 nitrogen and oxygen atoms in total. The molecule has 0 bridgehead atoms.